The lowest BCUT2D eigenvalue weighted by atomic mass is 10.1. The van der Waals surface area contributed by atoms with E-state index in [1.165, 1.54) is 0 Å². The summed E-state index contributed by atoms with van der Waals surface area (Å²) in [4.78, 5) is 28.9. The Balaban J connectivity index is 1.64. The van der Waals surface area contributed by atoms with Gasteiger partial charge in [-0.2, -0.15) is 0 Å². The zero-order chi connectivity index (χ0) is 19.6. The number of pyridine rings is 1. The van der Waals surface area contributed by atoms with Gasteiger partial charge in [0.05, 0.1) is 0 Å². The van der Waals surface area contributed by atoms with Gasteiger partial charge in [0.25, 0.3) is 0 Å². The van der Waals surface area contributed by atoms with Crippen molar-refractivity contribution < 1.29 is 14.3 Å². The van der Waals surface area contributed by atoms with Gasteiger partial charge < -0.3 is 15.4 Å². The average Bonchev–Trinajstić information content (AvgIpc) is 2.74. The lowest BCUT2D eigenvalue weighted by Gasteiger charge is -2.18. The van der Waals surface area contributed by atoms with Crippen LogP contribution >= 0.6 is 0 Å². The van der Waals surface area contributed by atoms with Crippen molar-refractivity contribution in [3.63, 3.8) is 0 Å². The van der Waals surface area contributed by atoms with Crippen molar-refractivity contribution >= 4 is 17.7 Å². The van der Waals surface area contributed by atoms with Crippen LogP contribution in [0.1, 0.15) is 11.1 Å². The Morgan fingerprint density at radius 3 is 2.11 bits per heavy atom. The molecular formula is C22H21N3O3. The van der Waals surface area contributed by atoms with Crippen LogP contribution in [0.3, 0.4) is 0 Å². The number of benzene rings is 2. The molecule has 3 aromatic rings. The second kappa shape index (κ2) is 9.87. The van der Waals surface area contributed by atoms with Crippen LogP contribution in [0.15, 0.2) is 85.2 Å². The van der Waals surface area contributed by atoms with E-state index in [1.807, 2.05) is 60.7 Å². The number of amides is 2. The first-order valence-electron chi connectivity index (χ1n) is 8.93. The van der Waals surface area contributed by atoms with Crippen LogP contribution in [0.5, 0.6) is 0 Å². The molecule has 1 aromatic heterocycles. The summed E-state index contributed by atoms with van der Waals surface area (Å²) >= 11 is 0. The molecule has 0 fully saturated rings. The van der Waals surface area contributed by atoms with Crippen molar-refractivity contribution in [3.05, 3.63) is 96.3 Å². The third-order valence-electron chi connectivity index (χ3n) is 4.05. The number of nitrogens with one attached hydrogen (secondary N) is 2. The Bertz CT molecular complexity index is 887. The highest BCUT2D eigenvalue weighted by Crippen LogP contribution is 2.09. The van der Waals surface area contributed by atoms with Crippen LogP contribution < -0.4 is 10.6 Å². The highest BCUT2D eigenvalue weighted by molar-refractivity contribution is 5.96. The largest absolute Gasteiger partial charge is 0.445 e. The number of anilines is 1. The van der Waals surface area contributed by atoms with Crippen LogP contribution in [-0.2, 0) is 22.6 Å². The van der Waals surface area contributed by atoms with Crippen molar-refractivity contribution in [1.82, 2.24) is 10.3 Å². The van der Waals surface area contributed by atoms with Gasteiger partial charge in [0.2, 0.25) is 5.91 Å². The summed E-state index contributed by atoms with van der Waals surface area (Å²) in [5.74, 6) is -0.327. The molecule has 6 nitrogen and oxygen atoms in total. The number of carbonyl (C=O) groups excluding carboxylic acids is 2. The van der Waals surface area contributed by atoms with Gasteiger partial charge in [-0.1, -0.05) is 60.7 Å². The Labute approximate surface area is 163 Å². The number of hydrogen-bond donors (Lipinski definition) is 2. The van der Waals surface area contributed by atoms with Crippen LogP contribution in [0.25, 0.3) is 0 Å². The van der Waals surface area contributed by atoms with E-state index in [2.05, 4.69) is 15.6 Å². The molecule has 1 heterocycles. The molecule has 2 aromatic carbocycles. The van der Waals surface area contributed by atoms with Crippen molar-refractivity contribution in [3.8, 4) is 0 Å². The summed E-state index contributed by atoms with van der Waals surface area (Å²) in [5, 5.41) is 5.46. The van der Waals surface area contributed by atoms with Gasteiger partial charge in [0.15, 0.2) is 0 Å². The summed E-state index contributed by atoms with van der Waals surface area (Å²) in [5.41, 5.74) is 2.41. The number of ether oxygens (including phenoxy) is 1. The maximum absolute atomic E-state index is 12.7. The van der Waals surface area contributed by atoms with Gasteiger partial charge >= 0.3 is 6.09 Å². The number of rotatable bonds is 7. The monoisotopic (exact) mass is 375 g/mol. The van der Waals surface area contributed by atoms with E-state index in [-0.39, 0.29) is 12.5 Å². The van der Waals surface area contributed by atoms with E-state index in [4.69, 9.17) is 4.74 Å². The third kappa shape index (κ3) is 5.95. The molecular weight excluding hydrogens is 354 g/mol. The molecule has 2 amide bonds. The van der Waals surface area contributed by atoms with Crippen LogP contribution in [0.4, 0.5) is 10.5 Å². The van der Waals surface area contributed by atoms with Crippen molar-refractivity contribution in [2.24, 2.45) is 0 Å². The number of aromatic nitrogens is 1. The number of hydrogen-bond acceptors (Lipinski definition) is 4. The first kappa shape index (κ1) is 19.1. The predicted octanol–water partition coefficient (Wildman–Crippen LogP) is 3.56. The molecule has 6 heteroatoms. The molecule has 3 rings (SSSR count). The second-order valence-electron chi connectivity index (χ2n) is 6.17. The van der Waals surface area contributed by atoms with Gasteiger partial charge in [-0.05, 0) is 23.3 Å². The number of nitrogens with zero attached hydrogens (tertiary/aromatic N) is 1. The number of alkyl carbamates (subject to hydrolysis) is 1. The smallest absolute Gasteiger partial charge is 0.408 e. The van der Waals surface area contributed by atoms with Gasteiger partial charge in [0.1, 0.15) is 12.6 Å². The molecule has 2 N–H and O–H groups in total. The quantitative estimate of drug-likeness (QED) is 0.662. The molecule has 0 aliphatic rings. The van der Waals surface area contributed by atoms with E-state index in [0.29, 0.717) is 12.1 Å². The predicted molar refractivity (Wildman–Crippen MR) is 107 cm³/mol. The summed E-state index contributed by atoms with van der Waals surface area (Å²) in [6, 6.07) is 21.5. The second-order valence-corrected chi connectivity index (χ2v) is 6.17. The average molecular weight is 375 g/mol. The fourth-order valence-corrected chi connectivity index (χ4v) is 2.63. The summed E-state index contributed by atoms with van der Waals surface area (Å²) in [7, 11) is 0. The van der Waals surface area contributed by atoms with Gasteiger partial charge in [0, 0.05) is 24.5 Å². The first-order valence-corrected chi connectivity index (χ1v) is 8.93. The fourth-order valence-electron chi connectivity index (χ4n) is 2.63. The van der Waals surface area contributed by atoms with Crippen LogP contribution in [0.2, 0.25) is 0 Å². The molecule has 1 atom stereocenters. The third-order valence-corrected chi connectivity index (χ3v) is 4.05. The topological polar surface area (TPSA) is 80.3 Å². The molecule has 0 spiro atoms. The highest BCUT2D eigenvalue weighted by Gasteiger charge is 2.22. The maximum Gasteiger partial charge on any atom is 0.408 e. The van der Waals surface area contributed by atoms with E-state index < -0.39 is 12.1 Å². The van der Waals surface area contributed by atoms with Crippen LogP contribution in [-0.4, -0.2) is 23.0 Å². The lowest BCUT2D eigenvalue weighted by molar-refractivity contribution is -0.118. The summed E-state index contributed by atoms with van der Waals surface area (Å²) < 4.78 is 5.26. The Hall–Kier alpha value is -3.67. The van der Waals surface area contributed by atoms with Crippen molar-refractivity contribution in [1.29, 1.82) is 0 Å². The Morgan fingerprint density at radius 2 is 1.46 bits per heavy atom. The molecule has 0 saturated carbocycles. The van der Waals surface area contributed by atoms with E-state index >= 15 is 0 Å². The van der Waals surface area contributed by atoms with E-state index in [1.54, 1.807) is 24.5 Å². The summed E-state index contributed by atoms with van der Waals surface area (Å²) in [6.07, 6.45) is 2.87. The molecule has 0 radical (unpaired) electrons. The summed E-state index contributed by atoms with van der Waals surface area (Å²) in [6.45, 7) is 0.136. The standard InChI is InChI=1S/C22H21N3O3/c26-21(24-19-11-13-23-14-12-19)20(15-17-7-3-1-4-8-17)25-22(27)28-16-18-9-5-2-6-10-18/h1-14,20H,15-16H2,(H,25,27)(H,23,24,26). The zero-order valence-electron chi connectivity index (χ0n) is 15.2. The Morgan fingerprint density at radius 1 is 0.857 bits per heavy atom. The van der Waals surface area contributed by atoms with Crippen LogP contribution in [0, 0.1) is 0 Å². The molecule has 0 bridgehead atoms. The fraction of sp³-hybridized carbons (Fsp3) is 0.136. The zero-order valence-corrected chi connectivity index (χ0v) is 15.2. The first-order chi connectivity index (χ1) is 13.7. The van der Waals surface area contributed by atoms with Gasteiger partial charge in [-0.25, -0.2) is 4.79 Å². The molecule has 0 aliphatic carbocycles. The molecule has 0 aliphatic heterocycles. The molecule has 142 valence electrons. The normalized spacial score (nSPS) is 11.3. The lowest BCUT2D eigenvalue weighted by Crippen LogP contribution is -2.45. The van der Waals surface area contributed by atoms with Crippen molar-refractivity contribution in [2.75, 3.05) is 5.32 Å². The van der Waals surface area contributed by atoms with Crippen molar-refractivity contribution in [2.45, 2.75) is 19.1 Å². The Kier molecular flexibility index (Phi) is 6.73. The minimum atomic E-state index is -0.779. The molecule has 0 saturated heterocycles. The van der Waals surface area contributed by atoms with E-state index in [0.717, 1.165) is 11.1 Å². The number of carbonyl (C=O) groups is 2. The van der Waals surface area contributed by atoms with Gasteiger partial charge in [-0.3, -0.25) is 9.78 Å². The van der Waals surface area contributed by atoms with Gasteiger partial charge in [-0.15, -0.1) is 0 Å². The molecule has 1 unspecified atom stereocenters. The minimum absolute atomic E-state index is 0.136. The maximum atomic E-state index is 12.7. The highest BCUT2D eigenvalue weighted by atomic mass is 16.5. The van der Waals surface area contributed by atoms with E-state index in [9.17, 15) is 9.59 Å². The molecule has 28 heavy (non-hydrogen) atoms. The SMILES string of the molecule is O=C(NC(Cc1ccccc1)C(=O)Nc1ccncc1)OCc1ccccc1. The minimum Gasteiger partial charge on any atom is -0.445 e.